The summed E-state index contributed by atoms with van der Waals surface area (Å²) in [5.41, 5.74) is 5.93. The second kappa shape index (κ2) is 8.99. The molecular formula is C23H32N8O. The van der Waals surface area contributed by atoms with Gasteiger partial charge in [0.2, 0.25) is 0 Å². The molecule has 0 aromatic carbocycles. The lowest BCUT2D eigenvalue weighted by Crippen LogP contribution is -2.47. The molecule has 1 N–H and O–H groups in total. The number of rotatable bonds is 6. The molecule has 1 aliphatic heterocycles. The van der Waals surface area contributed by atoms with Crippen LogP contribution >= 0.6 is 0 Å². The zero-order valence-corrected chi connectivity index (χ0v) is 19.0. The number of aromatic nitrogens is 6. The highest BCUT2D eigenvalue weighted by molar-refractivity contribution is 5.27. The zero-order valence-electron chi connectivity index (χ0n) is 19.0. The Hall–Kier alpha value is -2.78. The van der Waals surface area contributed by atoms with E-state index in [1.54, 1.807) is 21.5 Å². The Morgan fingerprint density at radius 2 is 1.75 bits per heavy atom. The van der Waals surface area contributed by atoms with Crippen molar-refractivity contribution >= 4 is 0 Å². The SMILES string of the molecule is Cc1cc(C)n(-c2ccc(=O)n(CCN3CCN(Cc4n[nH]c5c4CCCC5)CC3)n2)n1. The first kappa shape index (κ1) is 21.1. The molecule has 1 fully saturated rings. The molecule has 3 aromatic heterocycles. The monoisotopic (exact) mass is 436 g/mol. The average molecular weight is 437 g/mol. The summed E-state index contributed by atoms with van der Waals surface area (Å²) < 4.78 is 3.35. The third-order valence-electron chi connectivity index (χ3n) is 6.69. The van der Waals surface area contributed by atoms with E-state index in [1.807, 2.05) is 19.9 Å². The van der Waals surface area contributed by atoms with Crippen molar-refractivity contribution in [2.24, 2.45) is 0 Å². The molecule has 1 saturated heterocycles. The van der Waals surface area contributed by atoms with Crippen molar-refractivity contribution in [3.63, 3.8) is 0 Å². The van der Waals surface area contributed by atoms with Gasteiger partial charge < -0.3 is 0 Å². The molecule has 0 saturated carbocycles. The molecular weight excluding hydrogens is 404 g/mol. The Balaban J connectivity index is 1.16. The maximum atomic E-state index is 12.3. The van der Waals surface area contributed by atoms with Crippen LogP contribution in [0.4, 0.5) is 0 Å². The fourth-order valence-electron chi connectivity index (χ4n) is 4.87. The lowest BCUT2D eigenvalue weighted by Gasteiger charge is -2.34. The number of hydrogen-bond acceptors (Lipinski definition) is 6. The summed E-state index contributed by atoms with van der Waals surface area (Å²) in [6, 6.07) is 5.33. The van der Waals surface area contributed by atoms with Crippen molar-refractivity contribution in [2.45, 2.75) is 52.6 Å². The third kappa shape index (κ3) is 4.40. The number of hydrogen-bond donors (Lipinski definition) is 1. The summed E-state index contributed by atoms with van der Waals surface area (Å²) >= 11 is 0. The van der Waals surface area contributed by atoms with Gasteiger partial charge in [-0.15, -0.1) is 5.10 Å². The topological polar surface area (TPSA) is 87.9 Å². The van der Waals surface area contributed by atoms with E-state index >= 15 is 0 Å². The highest BCUT2D eigenvalue weighted by Gasteiger charge is 2.22. The van der Waals surface area contributed by atoms with Crippen LogP contribution in [-0.4, -0.2) is 72.3 Å². The number of nitrogens with zero attached hydrogens (tertiary/aromatic N) is 7. The first-order valence-electron chi connectivity index (χ1n) is 11.7. The Kier molecular flexibility index (Phi) is 5.93. The van der Waals surface area contributed by atoms with Gasteiger partial charge in [-0.25, -0.2) is 9.36 Å². The van der Waals surface area contributed by atoms with E-state index in [9.17, 15) is 4.79 Å². The van der Waals surface area contributed by atoms with E-state index in [2.05, 4.69) is 30.2 Å². The highest BCUT2D eigenvalue weighted by atomic mass is 16.1. The van der Waals surface area contributed by atoms with Crippen molar-refractivity contribution in [2.75, 3.05) is 32.7 Å². The predicted octanol–water partition coefficient (Wildman–Crippen LogP) is 1.47. The van der Waals surface area contributed by atoms with E-state index in [0.717, 1.165) is 57.1 Å². The number of H-pyrrole nitrogens is 1. The Bertz CT molecular complexity index is 1140. The molecule has 2 aliphatic rings. The quantitative estimate of drug-likeness (QED) is 0.630. The molecule has 0 amide bonds. The van der Waals surface area contributed by atoms with Gasteiger partial charge in [-0.2, -0.15) is 10.2 Å². The summed E-state index contributed by atoms with van der Waals surface area (Å²) in [5, 5.41) is 16.9. The van der Waals surface area contributed by atoms with E-state index < -0.39 is 0 Å². The second-order valence-corrected chi connectivity index (χ2v) is 9.04. The molecule has 0 bridgehead atoms. The Morgan fingerprint density at radius 1 is 0.969 bits per heavy atom. The molecule has 3 aromatic rings. The smallest absolute Gasteiger partial charge is 0.266 e. The van der Waals surface area contributed by atoms with Gasteiger partial charge in [0.25, 0.3) is 5.56 Å². The largest absolute Gasteiger partial charge is 0.299 e. The number of aromatic amines is 1. The first-order valence-corrected chi connectivity index (χ1v) is 11.7. The molecule has 9 nitrogen and oxygen atoms in total. The summed E-state index contributed by atoms with van der Waals surface area (Å²) in [5.74, 6) is 0.683. The van der Waals surface area contributed by atoms with Crippen LogP contribution in [0.15, 0.2) is 23.0 Å². The predicted molar refractivity (Wildman–Crippen MR) is 122 cm³/mol. The number of aryl methyl sites for hydroxylation is 3. The van der Waals surface area contributed by atoms with E-state index in [-0.39, 0.29) is 5.56 Å². The average Bonchev–Trinajstić information content (AvgIpc) is 3.36. The first-order chi connectivity index (χ1) is 15.6. The lowest BCUT2D eigenvalue weighted by atomic mass is 9.96. The molecule has 0 atom stereocenters. The van der Waals surface area contributed by atoms with Gasteiger partial charge in [0.15, 0.2) is 5.82 Å². The van der Waals surface area contributed by atoms with Crippen LogP contribution in [0.1, 0.15) is 41.2 Å². The highest BCUT2D eigenvalue weighted by Crippen LogP contribution is 2.23. The molecule has 170 valence electrons. The fourth-order valence-corrected chi connectivity index (χ4v) is 4.87. The van der Waals surface area contributed by atoms with Crippen LogP contribution in [-0.2, 0) is 25.9 Å². The molecule has 1 aliphatic carbocycles. The Labute approximate surface area is 188 Å². The maximum absolute atomic E-state index is 12.3. The lowest BCUT2D eigenvalue weighted by molar-refractivity contribution is 0.121. The van der Waals surface area contributed by atoms with Gasteiger partial charge in [-0.1, -0.05) is 0 Å². The van der Waals surface area contributed by atoms with Crippen molar-refractivity contribution in [3.05, 3.63) is 56.9 Å². The standard InChI is InChI=1S/C23H32N8O/c1-17-15-18(2)31(26-17)22-7-8-23(32)30(27-22)14-13-28-9-11-29(12-10-28)16-21-19-5-3-4-6-20(19)24-25-21/h7-8,15H,3-6,9-14,16H2,1-2H3,(H,24,25). The Morgan fingerprint density at radius 3 is 2.53 bits per heavy atom. The molecule has 0 unspecified atom stereocenters. The maximum Gasteiger partial charge on any atom is 0.266 e. The van der Waals surface area contributed by atoms with Crippen LogP contribution in [0.2, 0.25) is 0 Å². The van der Waals surface area contributed by atoms with Crippen LogP contribution in [0.3, 0.4) is 0 Å². The summed E-state index contributed by atoms with van der Waals surface area (Å²) in [6.45, 7) is 10.3. The van der Waals surface area contributed by atoms with E-state index in [0.29, 0.717) is 12.4 Å². The summed E-state index contributed by atoms with van der Waals surface area (Å²) in [6.07, 6.45) is 4.86. The number of fused-ring (bicyclic) bond motifs is 1. The van der Waals surface area contributed by atoms with Crippen LogP contribution in [0.5, 0.6) is 0 Å². The minimum atomic E-state index is -0.0720. The van der Waals surface area contributed by atoms with Gasteiger partial charge in [0.1, 0.15) is 0 Å². The summed E-state index contributed by atoms with van der Waals surface area (Å²) in [7, 11) is 0. The van der Waals surface area contributed by atoms with Gasteiger partial charge in [0.05, 0.1) is 17.9 Å². The molecule has 0 radical (unpaired) electrons. The second-order valence-electron chi connectivity index (χ2n) is 9.04. The van der Waals surface area contributed by atoms with Crippen LogP contribution in [0, 0.1) is 13.8 Å². The number of piperazine rings is 1. The van der Waals surface area contributed by atoms with Gasteiger partial charge >= 0.3 is 0 Å². The summed E-state index contributed by atoms with van der Waals surface area (Å²) in [4.78, 5) is 17.3. The van der Waals surface area contributed by atoms with Gasteiger partial charge in [0, 0.05) is 56.7 Å². The van der Waals surface area contributed by atoms with E-state index in [4.69, 9.17) is 0 Å². The van der Waals surface area contributed by atoms with Crippen molar-refractivity contribution in [3.8, 4) is 5.82 Å². The van der Waals surface area contributed by atoms with Crippen molar-refractivity contribution in [1.29, 1.82) is 0 Å². The minimum absolute atomic E-state index is 0.0720. The van der Waals surface area contributed by atoms with Crippen LogP contribution in [0.25, 0.3) is 5.82 Å². The number of nitrogens with one attached hydrogen (secondary N) is 1. The molecule has 32 heavy (non-hydrogen) atoms. The minimum Gasteiger partial charge on any atom is -0.299 e. The van der Waals surface area contributed by atoms with E-state index in [1.165, 1.54) is 36.2 Å². The fraction of sp³-hybridized carbons (Fsp3) is 0.565. The normalized spacial score (nSPS) is 17.6. The third-order valence-corrected chi connectivity index (χ3v) is 6.69. The van der Waals surface area contributed by atoms with Crippen molar-refractivity contribution < 1.29 is 0 Å². The zero-order chi connectivity index (χ0) is 22.1. The van der Waals surface area contributed by atoms with Crippen molar-refractivity contribution in [1.82, 2.24) is 39.6 Å². The molecule has 0 spiro atoms. The molecule has 5 rings (SSSR count). The molecule has 9 heteroatoms. The molecule has 4 heterocycles. The van der Waals surface area contributed by atoms with Gasteiger partial charge in [-0.3, -0.25) is 19.7 Å². The van der Waals surface area contributed by atoms with Gasteiger partial charge in [-0.05, 0) is 57.2 Å². The van der Waals surface area contributed by atoms with Crippen LogP contribution < -0.4 is 5.56 Å².